The second kappa shape index (κ2) is 7.77. The number of halogens is 1. The van der Waals surface area contributed by atoms with E-state index in [0.29, 0.717) is 12.1 Å². The van der Waals surface area contributed by atoms with Crippen LogP contribution in [0, 0.1) is 5.92 Å². The summed E-state index contributed by atoms with van der Waals surface area (Å²) in [5.41, 5.74) is 0. The summed E-state index contributed by atoms with van der Waals surface area (Å²) in [6.07, 6.45) is 5.42. The summed E-state index contributed by atoms with van der Waals surface area (Å²) in [4.78, 5) is 1.45. The highest BCUT2D eigenvalue weighted by Crippen LogP contribution is 2.39. The Balaban J connectivity index is 1.87. The van der Waals surface area contributed by atoms with Crippen LogP contribution in [0.15, 0.2) is 15.9 Å². The van der Waals surface area contributed by atoms with Gasteiger partial charge >= 0.3 is 0 Å². The molecule has 0 aliphatic heterocycles. The molecule has 1 fully saturated rings. The Morgan fingerprint density at radius 1 is 1.47 bits per heavy atom. The lowest BCUT2D eigenvalue weighted by molar-refractivity contribution is -0.0290. The van der Waals surface area contributed by atoms with Gasteiger partial charge in [-0.3, -0.25) is 0 Å². The molecule has 0 spiro atoms. The largest absolute Gasteiger partial charge is 0.378 e. The molecular formula is C15H24BrNOS. The van der Waals surface area contributed by atoms with Crippen LogP contribution in [0.2, 0.25) is 0 Å². The molecule has 19 heavy (non-hydrogen) atoms. The molecule has 0 amide bonds. The van der Waals surface area contributed by atoms with Crippen molar-refractivity contribution in [3.05, 3.63) is 20.8 Å². The quantitative estimate of drug-likeness (QED) is 0.733. The minimum absolute atomic E-state index is 0.502. The SMILES string of the molecule is CCCNC(CC1CC(OCC)C1)c1sccc1Br. The molecule has 1 aliphatic carbocycles. The summed E-state index contributed by atoms with van der Waals surface area (Å²) in [7, 11) is 0. The van der Waals surface area contributed by atoms with Gasteiger partial charge < -0.3 is 10.1 Å². The van der Waals surface area contributed by atoms with Crippen molar-refractivity contribution >= 4 is 27.3 Å². The van der Waals surface area contributed by atoms with E-state index in [1.807, 2.05) is 11.3 Å². The number of rotatable bonds is 8. The monoisotopic (exact) mass is 345 g/mol. The normalized spacial score (nSPS) is 24.2. The molecule has 1 heterocycles. The van der Waals surface area contributed by atoms with Crippen molar-refractivity contribution in [3.63, 3.8) is 0 Å². The van der Waals surface area contributed by atoms with E-state index < -0.39 is 0 Å². The van der Waals surface area contributed by atoms with Gasteiger partial charge in [-0.2, -0.15) is 0 Å². The number of thiophene rings is 1. The van der Waals surface area contributed by atoms with Crippen molar-refractivity contribution < 1.29 is 4.74 Å². The van der Waals surface area contributed by atoms with E-state index >= 15 is 0 Å². The Morgan fingerprint density at radius 3 is 2.84 bits per heavy atom. The molecule has 0 radical (unpaired) electrons. The molecule has 1 unspecified atom stereocenters. The van der Waals surface area contributed by atoms with Crippen LogP contribution in [0.4, 0.5) is 0 Å². The summed E-state index contributed by atoms with van der Waals surface area (Å²) in [6, 6.07) is 2.66. The molecule has 1 aromatic heterocycles. The summed E-state index contributed by atoms with van der Waals surface area (Å²) in [5.74, 6) is 0.819. The third kappa shape index (κ3) is 4.28. The Kier molecular flexibility index (Phi) is 6.33. The van der Waals surface area contributed by atoms with Gasteiger partial charge in [0.05, 0.1) is 6.10 Å². The minimum atomic E-state index is 0.502. The van der Waals surface area contributed by atoms with E-state index in [9.17, 15) is 0 Å². The molecule has 108 valence electrons. The maximum Gasteiger partial charge on any atom is 0.0580 e. The molecular weight excluding hydrogens is 322 g/mol. The minimum Gasteiger partial charge on any atom is -0.378 e. The molecule has 2 rings (SSSR count). The third-order valence-electron chi connectivity index (χ3n) is 3.77. The second-order valence-corrected chi connectivity index (χ2v) is 7.09. The van der Waals surface area contributed by atoms with Crippen LogP contribution >= 0.6 is 27.3 Å². The number of nitrogens with one attached hydrogen (secondary N) is 1. The molecule has 1 aliphatic rings. The number of hydrogen-bond acceptors (Lipinski definition) is 3. The van der Waals surface area contributed by atoms with Crippen molar-refractivity contribution in [2.24, 2.45) is 5.92 Å². The highest BCUT2D eigenvalue weighted by Gasteiger charge is 2.32. The molecule has 1 saturated carbocycles. The molecule has 1 atom stereocenters. The first-order valence-corrected chi connectivity index (χ1v) is 8.99. The number of ether oxygens (including phenoxy) is 1. The van der Waals surface area contributed by atoms with E-state index in [0.717, 1.165) is 19.1 Å². The predicted octanol–water partition coefficient (Wildman–Crippen LogP) is 4.76. The maximum absolute atomic E-state index is 5.66. The van der Waals surface area contributed by atoms with Gasteiger partial charge in [0.15, 0.2) is 0 Å². The molecule has 0 bridgehead atoms. The van der Waals surface area contributed by atoms with Gasteiger partial charge in [0.1, 0.15) is 0 Å². The molecule has 1 aromatic rings. The molecule has 1 N–H and O–H groups in total. The van der Waals surface area contributed by atoms with Gasteiger partial charge in [0, 0.05) is 22.0 Å². The highest BCUT2D eigenvalue weighted by molar-refractivity contribution is 9.10. The van der Waals surface area contributed by atoms with Gasteiger partial charge in [-0.05, 0) is 72.4 Å². The van der Waals surface area contributed by atoms with Crippen LogP contribution in [-0.4, -0.2) is 19.3 Å². The number of hydrogen-bond donors (Lipinski definition) is 1. The summed E-state index contributed by atoms with van der Waals surface area (Å²) in [6.45, 7) is 6.26. The lowest BCUT2D eigenvalue weighted by atomic mass is 9.78. The Labute approximate surface area is 129 Å². The zero-order valence-corrected chi connectivity index (χ0v) is 14.2. The molecule has 0 saturated heterocycles. The average Bonchev–Trinajstić information content (AvgIpc) is 2.77. The van der Waals surface area contributed by atoms with Gasteiger partial charge in [0.2, 0.25) is 0 Å². The summed E-state index contributed by atoms with van der Waals surface area (Å²) in [5, 5.41) is 5.87. The fourth-order valence-electron chi connectivity index (χ4n) is 2.73. The zero-order valence-electron chi connectivity index (χ0n) is 11.8. The van der Waals surface area contributed by atoms with E-state index in [1.54, 1.807) is 0 Å². The van der Waals surface area contributed by atoms with Crippen molar-refractivity contribution in [2.45, 2.75) is 51.7 Å². The first-order valence-electron chi connectivity index (χ1n) is 7.32. The average molecular weight is 346 g/mol. The van der Waals surface area contributed by atoms with Crippen LogP contribution in [0.3, 0.4) is 0 Å². The van der Waals surface area contributed by atoms with Gasteiger partial charge in [-0.25, -0.2) is 0 Å². The van der Waals surface area contributed by atoms with Crippen LogP contribution in [-0.2, 0) is 4.74 Å². The first-order chi connectivity index (χ1) is 9.24. The second-order valence-electron chi connectivity index (χ2n) is 5.29. The van der Waals surface area contributed by atoms with Crippen LogP contribution in [0.5, 0.6) is 0 Å². The standard InChI is InChI=1S/C15H24BrNOS/c1-3-6-17-14(15-13(16)5-7-19-15)10-11-8-12(9-11)18-4-2/h5,7,11-12,14,17H,3-4,6,8-10H2,1-2H3. The van der Waals surface area contributed by atoms with Crippen molar-refractivity contribution in [3.8, 4) is 0 Å². The van der Waals surface area contributed by atoms with Gasteiger partial charge in [-0.1, -0.05) is 6.92 Å². The highest BCUT2D eigenvalue weighted by atomic mass is 79.9. The topological polar surface area (TPSA) is 21.3 Å². The summed E-state index contributed by atoms with van der Waals surface area (Å²) < 4.78 is 6.91. The van der Waals surface area contributed by atoms with E-state index in [-0.39, 0.29) is 0 Å². The Bertz CT molecular complexity index is 376. The van der Waals surface area contributed by atoms with Crippen molar-refractivity contribution in [2.75, 3.05) is 13.2 Å². The van der Waals surface area contributed by atoms with Crippen LogP contribution in [0.1, 0.15) is 50.4 Å². The predicted molar refractivity (Wildman–Crippen MR) is 85.8 cm³/mol. The Morgan fingerprint density at radius 2 is 2.26 bits per heavy atom. The first kappa shape index (κ1) is 15.5. The van der Waals surface area contributed by atoms with Crippen LogP contribution in [0.25, 0.3) is 0 Å². The smallest absolute Gasteiger partial charge is 0.0580 e. The van der Waals surface area contributed by atoms with Crippen molar-refractivity contribution in [1.82, 2.24) is 5.32 Å². The lowest BCUT2D eigenvalue weighted by Gasteiger charge is -2.37. The zero-order chi connectivity index (χ0) is 13.7. The third-order valence-corrected chi connectivity index (χ3v) is 5.75. The van der Waals surface area contributed by atoms with E-state index in [1.165, 1.54) is 35.0 Å². The van der Waals surface area contributed by atoms with E-state index in [4.69, 9.17) is 4.74 Å². The van der Waals surface area contributed by atoms with Gasteiger partial charge in [-0.15, -0.1) is 11.3 Å². The maximum atomic E-state index is 5.66. The Hall–Kier alpha value is 0.100. The molecule has 4 heteroatoms. The summed E-state index contributed by atoms with van der Waals surface area (Å²) >= 11 is 5.53. The van der Waals surface area contributed by atoms with E-state index in [2.05, 4.69) is 46.5 Å². The van der Waals surface area contributed by atoms with Crippen LogP contribution < -0.4 is 5.32 Å². The fourth-order valence-corrected chi connectivity index (χ4v) is 4.47. The lowest BCUT2D eigenvalue weighted by Crippen LogP contribution is -2.34. The molecule has 2 nitrogen and oxygen atoms in total. The fraction of sp³-hybridized carbons (Fsp3) is 0.733. The van der Waals surface area contributed by atoms with Gasteiger partial charge in [0.25, 0.3) is 0 Å². The van der Waals surface area contributed by atoms with Crippen molar-refractivity contribution in [1.29, 1.82) is 0 Å². The molecule has 0 aromatic carbocycles.